The van der Waals surface area contributed by atoms with E-state index in [9.17, 15) is 14.9 Å². The second kappa shape index (κ2) is 9.32. The van der Waals surface area contributed by atoms with Crippen molar-refractivity contribution in [2.24, 2.45) is 0 Å². The Morgan fingerprint density at radius 2 is 1.75 bits per heavy atom. The monoisotopic (exact) mass is 382 g/mol. The molecule has 3 rings (SSSR count). The van der Waals surface area contributed by atoms with Gasteiger partial charge in [-0.05, 0) is 36.6 Å². The molecule has 28 heavy (non-hydrogen) atoms. The molecule has 1 heterocycles. The van der Waals surface area contributed by atoms with E-state index in [1.54, 1.807) is 12.1 Å². The molecule has 1 saturated heterocycles. The molecule has 1 aliphatic rings. The van der Waals surface area contributed by atoms with Gasteiger partial charge in [-0.15, -0.1) is 0 Å². The van der Waals surface area contributed by atoms with Gasteiger partial charge in [0.1, 0.15) is 0 Å². The highest BCUT2D eigenvalue weighted by atomic mass is 16.6. The van der Waals surface area contributed by atoms with E-state index < -0.39 is 0 Å². The molecule has 7 heteroatoms. The zero-order chi connectivity index (χ0) is 19.9. The Bertz CT molecular complexity index is 815. The minimum absolute atomic E-state index is 0.0531. The van der Waals surface area contributed by atoms with E-state index in [0.717, 1.165) is 38.3 Å². The van der Waals surface area contributed by atoms with Crippen LogP contribution in [0.25, 0.3) is 0 Å². The topological polar surface area (TPSA) is 78.7 Å². The molecular weight excluding hydrogens is 356 g/mol. The number of nitro groups is 1. The van der Waals surface area contributed by atoms with Crippen LogP contribution in [0.5, 0.6) is 0 Å². The lowest BCUT2D eigenvalue weighted by Gasteiger charge is -2.35. The van der Waals surface area contributed by atoms with E-state index in [0.29, 0.717) is 13.1 Å². The molecule has 0 saturated carbocycles. The molecule has 7 nitrogen and oxygen atoms in total. The van der Waals surface area contributed by atoms with Crippen LogP contribution in [0.3, 0.4) is 0 Å². The van der Waals surface area contributed by atoms with Gasteiger partial charge < -0.3 is 10.2 Å². The van der Waals surface area contributed by atoms with Crippen molar-refractivity contribution in [3.63, 3.8) is 0 Å². The highest BCUT2D eigenvalue weighted by molar-refractivity contribution is 5.78. The molecule has 0 spiro atoms. The summed E-state index contributed by atoms with van der Waals surface area (Å²) in [4.78, 5) is 26.9. The number of aryl methyl sites for hydroxylation is 1. The average molecular weight is 382 g/mol. The van der Waals surface area contributed by atoms with Gasteiger partial charge in [-0.25, -0.2) is 0 Å². The lowest BCUT2D eigenvalue weighted by molar-refractivity contribution is -0.384. The van der Waals surface area contributed by atoms with Crippen molar-refractivity contribution in [2.75, 3.05) is 44.2 Å². The van der Waals surface area contributed by atoms with Crippen LogP contribution in [0.15, 0.2) is 48.5 Å². The van der Waals surface area contributed by atoms with Crippen molar-refractivity contribution in [2.45, 2.75) is 13.3 Å². The maximum absolute atomic E-state index is 12.2. The van der Waals surface area contributed by atoms with Crippen molar-refractivity contribution >= 4 is 17.3 Å². The number of amides is 1. The molecule has 1 fully saturated rings. The Morgan fingerprint density at radius 1 is 1.07 bits per heavy atom. The normalized spacial score (nSPS) is 14.7. The maximum atomic E-state index is 12.2. The van der Waals surface area contributed by atoms with Gasteiger partial charge >= 0.3 is 0 Å². The second-order valence-corrected chi connectivity index (χ2v) is 7.06. The third-order valence-electron chi connectivity index (χ3n) is 5.14. The first-order valence-corrected chi connectivity index (χ1v) is 9.56. The first-order valence-electron chi connectivity index (χ1n) is 9.56. The van der Waals surface area contributed by atoms with Gasteiger partial charge in [-0.1, -0.05) is 24.3 Å². The number of rotatable bonds is 7. The SMILES string of the molecule is Cc1ccccc1CCNC(=O)CN1CCN(c2ccc([N+](=O)[O-])cc2)CC1. The number of piperazine rings is 1. The fourth-order valence-electron chi connectivity index (χ4n) is 3.44. The number of nitrogens with zero attached hydrogens (tertiary/aromatic N) is 3. The number of hydrogen-bond donors (Lipinski definition) is 1. The summed E-state index contributed by atoms with van der Waals surface area (Å²) in [6.07, 6.45) is 0.840. The highest BCUT2D eigenvalue weighted by Crippen LogP contribution is 2.20. The standard InChI is InChI=1S/C21H26N4O3/c1-17-4-2-3-5-18(17)10-11-22-21(26)16-23-12-14-24(15-13-23)19-6-8-20(9-7-19)25(27)28/h2-9H,10-16H2,1H3,(H,22,26). The molecule has 1 amide bonds. The second-order valence-electron chi connectivity index (χ2n) is 7.06. The molecule has 148 valence electrons. The molecule has 0 aromatic heterocycles. The van der Waals surface area contributed by atoms with Crippen LogP contribution in [0.2, 0.25) is 0 Å². The lowest BCUT2D eigenvalue weighted by Crippen LogP contribution is -2.49. The Balaban J connectivity index is 1.39. The third-order valence-corrected chi connectivity index (χ3v) is 5.14. The number of anilines is 1. The number of non-ortho nitro benzene ring substituents is 1. The minimum atomic E-state index is -0.389. The van der Waals surface area contributed by atoms with Crippen LogP contribution in [0, 0.1) is 17.0 Å². The Labute approximate surface area is 165 Å². The van der Waals surface area contributed by atoms with E-state index in [-0.39, 0.29) is 16.5 Å². The van der Waals surface area contributed by atoms with Crippen molar-refractivity contribution in [1.29, 1.82) is 0 Å². The molecule has 1 N–H and O–H groups in total. The first kappa shape index (κ1) is 19.8. The van der Waals surface area contributed by atoms with Crippen LogP contribution in [0.1, 0.15) is 11.1 Å². The van der Waals surface area contributed by atoms with Crippen LogP contribution < -0.4 is 10.2 Å². The van der Waals surface area contributed by atoms with Gasteiger partial charge in [0.05, 0.1) is 11.5 Å². The molecular formula is C21H26N4O3. The number of carbonyl (C=O) groups is 1. The van der Waals surface area contributed by atoms with Gasteiger partial charge in [-0.3, -0.25) is 19.8 Å². The van der Waals surface area contributed by atoms with Crippen molar-refractivity contribution in [3.8, 4) is 0 Å². The van der Waals surface area contributed by atoms with Crippen molar-refractivity contribution < 1.29 is 9.72 Å². The Hall–Kier alpha value is -2.93. The minimum Gasteiger partial charge on any atom is -0.369 e. The number of carbonyl (C=O) groups excluding carboxylic acids is 1. The van der Waals surface area contributed by atoms with Crippen LogP contribution in [-0.4, -0.2) is 55.0 Å². The molecule has 0 bridgehead atoms. The number of hydrogen-bond acceptors (Lipinski definition) is 5. The zero-order valence-corrected chi connectivity index (χ0v) is 16.1. The summed E-state index contributed by atoms with van der Waals surface area (Å²) in [6, 6.07) is 14.9. The number of benzene rings is 2. The van der Waals surface area contributed by atoms with Gasteiger partial charge in [0.15, 0.2) is 0 Å². The number of nitrogens with one attached hydrogen (secondary N) is 1. The zero-order valence-electron chi connectivity index (χ0n) is 16.1. The fourth-order valence-corrected chi connectivity index (χ4v) is 3.44. The Morgan fingerprint density at radius 3 is 2.39 bits per heavy atom. The molecule has 0 atom stereocenters. The first-order chi connectivity index (χ1) is 13.5. The van der Waals surface area contributed by atoms with E-state index in [4.69, 9.17) is 0 Å². The summed E-state index contributed by atoms with van der Waals surface area (Å²) in [7, 11) is 0. The van der Waals surface area contributed by atoms with Gasteiger partial charge in [0, 0.05) is 50.5 Å². The predicted molar refractivity (Wildman–Crippen MR) is 110 cm³/mol. The number of nitro benzene ring substituents is 1. The summed E-state index contributed by atoms with van der Waals surface area (Å²) in [6.45, 7) is 6.32. The Kier molecular flexibility index (Phi) is 6.60. The third kappa shape index (κ3) is 5.29. The molecule has 0 unspecified atom stereocenters. The van der Waals surface area contributed by atoms with E-state index in [1.807, 2.05) is 12.1 Å². The van der Waals surface area contributed by atoms with Crippen LogP contribution in [0.4, 0.5) is 11.4 Å². The summed E-state index contributed by atoms with van der Waals surface area (Å²) in [5.41, 5.74) is 3.59. The molecule has 0 aliphatic carbocycles. The molecule has 2 aromatic rings. The van der Waals surface area contributed by atoms with E-state index >= 15 is 0 Å². The average Bonchev–Trinajstić information content (AvgIpc) is 2.70. The van der Waals surface area contributed by atoms with Crippen LogP contribution >= 0.6 is 0 Å². The smallest absolute Gasteiger partial charge is 0.269 e. The van der Waals surface area contributed by atoms with E-state index in [2.05, 4.69) is 34.2 Å². The predicted octanol–water partition coefficient (Wildman–Crippen LogP) is 2.38. The summed E-state index contributed by atoms with van der Waals surface area (Å²) in [5.74, 6) is 0.0531. The van der Waals surface area contributed by atoms with Crippen molar-refractivity contribution in [3.05, 3.63) is 69.8 Å². The summed E-state index contributed by atoms with van der Waals surface area (Å²) in [5, 5.41) is 13.8. The van der Waals surface area contributed by atoms with Gasteiger partial charge in [0.2, 0.25) is 5.91 Å². The maximum Gasteiger partial charge on any atom is 0.269 e. The lowest BCUT2D eigenvalue weighted by atomic mass is 10.1. The van der Waals surface area contributed by atoms with Crippen LogP contribution in [-0.2, 0) is 11.2 Å². The largest absolute Gasteiger partial charge is 0.369 e. The quantitative estimate of drug-likeness (QED) is 0.588. The molecule has 1 aliphatic heterocycles. The van der Waals surface area contributed by atoms with E-state index in [1.165, 1.54) is 23.3 Å². The molecule has 0 radical (unpaired) electrons. The van der Waals surface area contributed by atoms with Gasteiger partial charge in [0.25, 0.3) is 5.69 Å². The fraction of sp³-hybridized carbons (Fsp3) is 0.381. The van der Waals surface area contributed by atoms with Gasteiger partial charge in [-0.2, -0.15) is 0 Å². The molecule has 2 aromatic carbocycles. The van der Waals surface area contributed by atoms with Crippen molar-refractivity contribution in [1.82, 2.24) is 10.2 Å². The highest BCUT2D eigenvalue weighted by Gasteiger charge is 2.19. The summed E-state index contributed by atoms with van der Waals surface area (Å²) < 4.78 is 0. The summed E-state index contributed by atoms with van der Waals surface area (Å²) >= 11 is 0.